The molecule has 0 saturated heterocycles. The van der Waals surface area contributed by atoms with Gasteiger partial charge in [-0.3, -0.25) is 4.79 Å². The summed E-state index contributed by atoms with van der Waals surface area (Å²) in [6.07, 6.45) is 1.51. The fourth-order valence-corrected chi connectivity index (χ4v) is 2.36. The third kappa shape index (κ3) is 2.61. The first-order valence-corrected chi connectivity index (χ1v) is 6.42. The fraction of sp³-hybridized carbons (Fsp3) is 0.462. The average molecular weight is 253 g/mol. The van der Waals surface area contributed by atoms with Gasteiger partial charge in [-0.2, -0.15) is 0 Å². The molecule has 4 heteroatoms. The number of likely N-dealkylation sites (N-methyl/N-ethyl adjacent to an activating group) is 1. The van der Waals surface area contributed by atoms with Crippen LogP contribution in [0.5, 0.6) is 0 Å². The predicted octanol–water partition coefficient (Wildman–Crippen LogP) is 1.58. The lowest BCUT2D eigenvalue weighted by Gasteiger charge is -2.15. The van der Waals surface area contributed by atoms with Crippen molar-refractivity contribution in [3.8, 4) is 0 Å². The van der Waals surface area contributed by atoms with Crippen molar-refractivity contribution in [2.45, 2.75) is 12.8 Å². The van der Waals surface area contributed by atoms with Crippen LogP contribution in [0.4, 0.5) is 5.69 Å². The maximum Gasteiger partial charge on any atom is 0.231 e. The molecule has 1 aromatic carbocycles. The van der Waals surface area contributed by atoms with Gasteiger partial charge >= 0.3 is 0 Å². The summed E-state index contributed by atoms with van der Waals surface area (Å²) in [6.45, 7) is 1.56. The Labute approximate surface area is 107 Å². The van der Waals surface area contributed by atoms with E-state index in [-0.39, 0.29) is 5.91 Å². The maximum atomic E-state index is 11.8. The number of carbonyl (C=O) groups is 1. The summed E-state index contributed by atoms with van der Waals surface area (Å²) < 4.78 is 0. The lowest BCUT2D eigenvalue weighted by atomic mass is 10.1. The second-order valence-corrected chi connectivity index (χ2v) is 4.61. The van der Waals surface area contributed by atoms with Gasteiger partial charge in [0, 0.05) is 18.1 Å². The quantitative estimate of drug-likeness (QED) is 0.807. The highest BCUT2D eigenvalue weighted by atomic mass is 35.5. The Kier molecular flexibility index (Phi) is 4.02. The Morgan fingerprint density at radius 3 is 3.00 bits per heavy atom. The molecule has 0 saturated carbocycles. The van der Waals surface area contributed by atoms with Gasteiger partial charge in [0.05, 0.1) is 6.42 Å². The molecule has 1 amide bonds. The van der Waals surface area contributed by atoms with E-state index in [2.05, 4.69) is 17.4 Å². The first kappa shape index (κ1) is 12.4. The van der Waals surface area contributed by atoms with Crippen molar-refractivity contribution >= 4 is 23.2 Å². The summed E-state index contributed by atoms with van der Waals surface area (Å²) in [4.78, 5) is 13.6. The van der Waals surface area contributed by atoms with Gasteiger partial charge in [0.1, 0.15) is 0 Å². The number of nitrogens with zero attached hydrogens (tertiary/aromatic N) is 1. The summed E-state index contributed by atoms with van der Waals surface area (Å²) in [5.74, 6) is 0.638. The van der Waals surface area contributed by atoms with E-state index in [1.165, 1.54) is 5.56 Å². The van der Waals surface area contributed by atoms with Gasteiger partial charge in [-0.05, 0) is 37.2 Å². The molecule has 2 rings (SSSR count). The van der Waals surface area contributed by atoms with E-state index >= 15 is 0 Å². The van der Waals surface area contributed by atoms with Crippen LogP contribution in [0.15, 0.2) is 18.2 Å². The summed E-state index contributed by atoms with van der Waals surface area (Å²) in [5.41, 5.74) is 3.44. The summed E-state index contributed by atoms with van der Waals surface area (Å²) in [6, 6.07) is 6.27. The van der Waals surface area contributed by atoms with Crippen LogP contribution in [0, 0.1) is 0 Å². The highest BCUT2D eigenvalue weighted by Gasteiger charge is 2.26. The Morgan fingerprint density at radius 2 is 2.29 bits per heavy atom. The molecular weight excluding hydrogens is 236 g/mol. The minimum atomic E-state index is 0.159. The van der Waals surface area contributed by atoms with E-state index in [0.717, 1.165) is 24.2 Å². The number of amides is 1. The van der Waals surface area contributed by atoms with Gasteiger partial charge in [-0.25, -0.2) is 0 Å². The molecule has 0 radical (unpaired) electrons. The molecule has 0 unspecified atom stereocenters. The molecule has 1 aliphatic rings. The molecule has 1 heterocycles. The van der Waals surface area contributed by atoms with E-state index in [0.29, 0.717) is 18.8 Å². The molecule has 0 fully saturated rings. The van der Waals surface area contributed by atoms with Crippen LogP contribution >= 0.6 is 11.6 Å². The highest BCUT2D eigenvalue weighted by molar-refractivity contribution is 6.18. The molecule has 1 aliphatic heterocycles. The van der Waals surface area contributed by atoms with Crippen molar-refractivity contribution in [2.75, 3.05) is 30.9 Å². The number of nitrogens with one attached hydrogen (secondary N) is 1. The standard InChI is InChI=1S/C13H17ClN2O/c1-15-6-4-10-2-3-12-11(8-10)9-13(17)16(12)7-5-14/h2-3,8,15H,4-7,9H2,1H3. The minimum absolute atomic E-state index is 0.159. The monoisotopic (exact) mass is 252 g/mol. The van der Waals surface area contributed by atoms with Crippen molar-refractivity contribution in [2.24, 2.45) is 0 Å². The molecule has 92 valence electrons. The zero-order valence-corrected chi connectivity index (χ0v) is 10.8. The van der Waals surface area contributed by atoms with Crippen LogP contribution in [0.25, 0.3) is 0 Å². The van der Waals surface area contributed by atoms with Crippen molar-refractivity contribution in [1.29, 1.82) is 0 Å². The summed E-state index contributed by atoms with van der Waals surface area (Å²) in [7, 11) is 1.94. The Bertz CT molecular complexity index is 420. The van der Waals surface area contributed by atoms with Crippen LogP contribution < -0.4 is 10.2 Å². The van der Waals surface area contributed by atoms with Crippen LogP contribution in [-0.4, -0.2) is 31.9 Å². The third-order valence-electron chi connectivity index (χ3n) is 3.05. The largest absolute Gasteiger partial charge is 0.319 e. The number of rotatable bonds is 5. The third-order valence-corrected chi connectivity index (χ3v) is 3.22. The molecule has 1 N–H and O–H groups in total. The van der Waals surface area contributed by atoms with E-state index in [4.69, 9.17) is 11.6 Å². The molecule has 0 bridgehead atoms. The van der Waals surface area contributed by atoms with E-state index in [1.807, 2.05) is 13.1 Å². The molecule has 0 spiro atoms. The zero-order valence-electron chi connectivity index (χ0n) is 10.0. The van der Waals surface area contributed by atoms with Crippen LogP contribution in [0.3, 0.4) is 0 Å². The molecule has 0 aromatic heterocycles. The second-order valence-electron chi connectivity index (χ2n) is 4.23. The first-order valence-electron chi connectivity index (χ1n) is 5.89. The Balaban J connectivity index is 2.18. The number of benzene rings is 1. The summed E-state index contributed by atoms with van der Waals surface area (Å²) in [5, 5.41) is 3.13. The average Bonchev–Trinajstić information content (AvgIpc) is 2.63. The topological polar surface area (TPSA) is 32.3 Å². The Morgan fingerprint density at radius 1 is 1.47 bits per heavy atom. The molecule has 1 aromatic rings. The van der Waals surface area contributed by atoms with Crippen molar-refractivity contribution in [3.63, 3.8) is 0 Å². The van der Waals surface area contributed by atoms with Gasteiger partial charge < -0.3 is 10.2 Å². The van der Waals surface area contributed by atoms with Gasteiger partial charge in [-0.15, -0.1) is 11.6 Å². The van der Waals surface area contributed by atoms with Gasteiger partial charge in [0.25, 0.3) is 0 Å². The summed E-state index contributed by atoms with van der Waals surface area (Å²) >= 11 is 5.71. The molecule has 0 atom stereocenters. The number of hydrogen-bond acceptors (Lipinski definition) is 2. The number of halogens is 1. The van der Waals surface area contributed by atoms with E-state index in [1.54, 1.807) is 4.90 Å². The smallest absolute Gasteiger partial charge is 0.231 e. The lowest BCUT2D eigenvalue weighted by molar-refractivity contribution is -0.117. The number of alkyl halides is 1. The number of carbonyl (C=O) groups excluding carboxylic acids is 1. The maximum absolute atomic E-state index is 11.8. The van der Waals surface area contributed by atoms with Gasteiger partial charge in [-0.1, -0.05) is 12.1 Å². The van der Waals surface area contributed by atoms with Crippen LogP contribution in [-0.2, 0) is 17.6 Å². The lowest BCUT2D eigenvalue weighted by Crippen LogP contribution is -2.28. The number of hydrogen-bond donors (Lipinski definition) is 1. The predicted molar refractivity (Wildman–Crippen MR) is 70.8 cm³/mol. The Hall–Kier alpha value is -1.06. The van der Waals surface area contributed by atoms with Gasteiger partial charge in [0.2, 0.25) is 5.91 Å². The molecular formula is C13H17ClN2O. The van der Waals surface area contributed by atoms with Crippen molar-refractivity contribution in [1.82, 2.24) is 5.32 Å². The van der Waals surface area contributed by atoms with E-state index in [9.17, 15) is 4.79 Å². The molecule has 17 heavy (non-hydrogen) atoms. The number of anilines is 1. The van der Waals surface area contributed by atoms with Crippen molar-refractivity contribution in [3.05, 3.63) is 29.3 Å². The zero-order chi connectivity index (χ0) is 12.3. The number of fused-ring (bicyclic) bond motifs is 1. The molecule has 3 nitrogen and oxygen atoms in total. The minimum Gasteiger partial charge on any atom is -0.319 e. The first-order chi connectivity index (χ1) is 8.26. The van der Waals surface area contributed by atoms with Crippen LogP contribution in [0.1, 0.15) is 11.1 Å². The second kappa shape index (κ2) is 5.52. The van der Waals surface area contributed by atoms with Crippen molar-refractivity contribution < 1.29 is 4.79 Å². The van der Waals surface area contributed by atoms with E-state index < -0.39 is 0 Å². The fourth-order valence-electron chi connectivity index (χ4n) is 2.19. The van der Waals surface area contributed by atoms with Crippen LogP contribution in [0.2, 0.25) is 0 Å². The SMILES string of the molecule is CNCCc1ccc2c(c1)CC(=O)N2CCCl. The molecule has 0 aliphatic carbocycles. The van der Waals surface area contributed by atoms with Gasteiger partial charge in [0.15, 0.2) is 0 Å². The normalized spacial score (nSPS) is 14.2. The highest BCUT2D eigenvalue weighted by Crippen LogP contribution is 2.29.